The van der Waals surface area contributed by atoms with Crippen LogP contribution < -0.4 is 0 Å². The summed E-state index contributed by atoms with van der Waals surface area (Å²) in [5.74, 6) is -0.889. The summed E-state index contributed by atoms with van der Waals surface area (Å²) < 4.78 is 16.8. The lowest BCUT2D eigenvalue weighted by Gasteiger charge is -2.18. The fourth-order valence-corrected chi connectivity index (χ4v) is 7.79. The third kappa shape index (κ3) is 50.2. The maximum absolute atomic E-state index is 12.8. The zero-order valence-corrected chi connectivity index (χ0v) is 41.8. The quantitative estimate of drug-likeness (QED) is 0.0199. The Kier molecular flexibility index (Phi) is 49.8. The summed E-state index contributed by atoms with van der Waals surface area (Å²) >= 11 is 0. The zero-order chi connectivity index (χ0) is 45.8. The van der Waals surface area contributed by atoms with Crippen LogP contribution in [-0.2, 0) is 28.6 Å². The van der Waals surface area contributed by atoms with Crippen molar-refractivity contribution in [1.29, 1.82) is 0 Å². The van der Waals surface area contributed by atoms with E-state index < -0.39 is 6.10 Å². The summed E-state index contributed by atoms with van der Waals surface area (Å²) in [6, 6.07) is 0. The number of unbranched alkanes of at least 4 members (excludes halogenated alkanes) is 32. The van der Waals surface area contributed by atoms with Gasteiger partial charge in [0, 0.05) is 19.3 Å². The van der Waals surface area contributed by atoms with Crippen LogP contribution in [0.3, 0.4) is 0 Å². The summed E-state index contributed by atoms with van der Waals surface area (Å²) in [6.45, 7) is 6.49. The van der Waals surface area contributed by atoms with Crippen LogP contribution in [0.15, 0.2) is 48.6 Å². The number of carbonyl (C=O) groups is 3. The molecule has 0 aromatic heterocycles. The van der Waals surface area contributed by atoms with Crippen molar-refractivity contribution in [3.8, 4) is 0 Å². The lowest BCUT2D eigenvalue weighted by atomic mass is 10.0. The van der Waals surface area contributed by atoms with E-state index in [0.717, 1.165) is 77.0 Å². The summed E-state index contributed by atoms with van der Waals surface area (Å²) in [6.07, 6.45) is 62.4. The maximum atomic E-state index is 12.8. The molecule has 1 unspecified atom stereocenters. The van der Waals surface area contributed by atoms with Crippen LogP contribution in [0, 0.1) is 0 Å². The number of carbonyl (C=O) groups excluding carboxylic acids is 3. The van der Waals surface area contributed by atoms with E-state index in [0.29, 0.717) is 19.3 Å². The Balaban J connectivity index is 4.34. The largest absolute Gasteiger partial charge is 0.462 e. The molecule has 0 bridgehead atoms. The SMILES string of the molecule is CC\C=C/C=C\C=C/CCCCCCCCCC(=O)OC(COC(=O)CCCCCCC/C=C\CCCCC)COC(=O)CCCCCCCCCCCCCCCCCCCC. The molecule has 0 saturated heterocycles. The first kappa shape index (κ1) is 60.4. The van der Waals surface area contributed by atoms with Crippen molar-refractivity contribution in [3.05, 3.63) is 48.6 Å². The van der Waals surface area contributed by atoms with E-state index >= 15 is 0 Å². The molecule has 63 heavy (non-hydrogen) atoms. The molecule has 0 aromatic rings. The van der Waals surface area contributed by atoms with Crippen molar-refractivity contribution in [2.45, 2.75) is 284 Å². The molecular formula is C57H102O6. The summed E-state index contributed by atoms with van der Waals surface area (Å²) in [7, 11) is 0. The molecule has 0 N–H and O–H groups in total. The topological polar surface area (TPSA) is 78.9 Å². The molecule has 0 spiro atoms. The second kappa shape index (κ2) is 52.0. The summed E-state index contributed by atoms with van der Waals surface area (Å²) in [5, 5.41) is 0. The highest BCUT2D eigenvalue weighted by Crippen LogP contribution is 2.16. The van der Waals surface area contributed by atoms with Gasteiger partial charge in [0.15, 0.2) is 6.10 Å². The van der Waals surface area contributed by atoms with Gasteiger partial charge in [0.1, 0.15) is 13.2 Å². The van der Waals surface area contributed by atoms with E-state index in [1.165, 1.54) is 161 Å². The minimum Gasteiger partial charge on any atom is -0.462 e. The molecule has 1 atom stereocenters. The van der Waals surface area contributed by atoms with Gasteiger partial charge in [-0.2, -0.15) is 0 Å². The van der Waals surface area contributed by atoms with E-state index in [-0.39, 0.29) is 31.1 Å². The van der Waals surface area contributed by atoms with Crippen molar-refractivity contribution in [2.75, 3.05) is 13.2 Å². The fourth-order valence-electron chi connectivity index (χ4n) is 7.79. The van der Waals surface area contributed by atoms with Crippen molar-refractivity contribution >= 4 is 17.9 Å². The zero-order valence-electron chi connectivity index (χ0n) is 41.8. The van der Waals surface area contributed by atoms with Crippen LogP contribution in [0.4, 0.5) is 0 Å². The Bertz CT molecular complexity index is 1110. The maximum Gasteiger partial charge on any atom is 0.306 e. The molecule has 0 saturated carbocycles. The normalized spacial score (nSPS) is 12.4. The van der Waals surface area contributed by atoms with E-state index in [1.54, 1.807) is 0 Å². The average molecular weight is 883 g/mol. The van der Waals surface area contributed by atoms with Gasteiger partial charge in [-0.15, -0.1) is 0 Å². The Labute approximate surface area is 390 Å². The van der Waals surface area contributed by atoms with Crippen LogP contribution in [0.2, 0.25) is 0 Å². The molecule has 0 radical (unpaired) electrons. The molecule has 0 rings (SSSR count). The van der Waals surface area contributed by atoms with Gasteiger partial charge in [0.2, 0.25) is 0 Å². The number of hydrogen-bond acceptors (Lipinski definition) is 6. The Morgan fingerprint density at radius 2 is 0.635 bits per heavy atom. The third-order valence-corrected chi connectivity index (χ3v) is 11.9. The van der Waals surface area contributed by atoms with Gasteiger partial charge in [-0.3, -0.25) is 14.4 Å². The highest BCUT2D eigenvalue weighted by atomic mass is 16.6. The first-order valence-corrected chi connectivity index (χ1v) is 27.2. The fraction of sp³-hybridized carbons (Fsp3) is 0.807. The number of allylic oxidation sites excluding steroid dienone is 8. The first-order valence-electron chi connectivity index (χ1n) is 27.2. The molecule has 0 heterocycles. The molecule has 6 heteroatoms. The number of ether oxygens (including phenoxy) is 3. The van der Waals surface area contributed by atoms with Crippen LogP contribution in [0.25, 0.3) is 0 Å². The highest BCUT2D eigenvalue weighted by Gasteiger charge is 2.19. The van der Waals surface area contributed by atoms with Crippen molar-refractivity contribution in [1.82, 2.24) is 0 Å². The Morgan fingerprint density at radius 1 is 0.333 bits per heavy atom. The predicted molar refractivity (Wildman–Crippen MR) is 270 cm³/mol. The Hall–Kier alpha value is -2.63. The minimum absolute atomic E-state index is 0.0780. The van der Waals surface area contributed by atoms with Crippen LogP contribution >= 0.6 is 0 Å². The minimum atomic E-state index is -0.780. The van der Waals surface area contributed by atoms with Crippen LogP contribution in [0.1, 0.15) is 278 Å². The molecular weight excluding hydrogens is 781 g/mol. The molecule has 6 nitrogen and oxygen atoms in total. The molecule has 0 aliphatic rings. The summed E-state index contributed by atoms with van der Waals surface area (Å²) in [4.78, 5) is 38.0. The van der Waals surface area contributed by atoms with Gasteiger partial charge in [-0.05, 0) is 64.2 Å². The van der Waals surface area contributed by atoms with Crippen molar-refractivity contribution in [2.24, 2.45) is 0 Å². The van der Waals surface area contributed by atoms with Gasteiger partial charge < -0.3 is 14.2 Å². The predicted octanol–water partition coefficient (Wildman–Crippen LogP) is 17.9. The molecule has 0 aliphatic heterocycles. The smallest absolute Gasteiger partial charge is 0.306 e. The Morgan fingerprint density at radius 3 is 1.03 bits per heavy atom. The van der Waals surface area contributed by atoms with E-state index in [4.69, 9.17) is 14.2 Å². The van der Waals surface area contributed by atoms with Crippen molar-refractivity contribution in [3.63, 3.8) is 0 Å². The standard InChI is InChI=1S/C57H102O6/c1-4-7-10-13-16-19-22-25-27-28-29-31-32-35-38-41-44-47-50-56(59)62-53-54(52-61-55(58)49-46-43-40-37-34-24-21-18-15-12-9-6-3)63-57(60)51-48-45-42-39-36-33-30-26-23-20-17-14-11-8-5-2/h8,11,14,17-18,20-21,23,54H,4-7,9-10,12-13,15-16,19,22,24-53H2,1-3H3/b11-8-,17-14-,21-18-,23-20-. The number of esters is 3. The first-order chi connectivity index (χ1) is 31.0. The lowest BCUT2D eigenvalue weighted by molar-refractivity contribution is -0.167. The molecule has 366 valence electrons. The molecule has 0 aliphatic carbocycles. The van der Waals surface area contributed by atoms with Gasteiger partial charge in [0.25, 0.3) is 0 Å². The molecule has 0 aromatic carbocycles. The highest BCUT2D eigenvalue weighted by molar-refractivity contribution is 5.71. The number of hydrogen-bond donors (Lipinski definition) is 0. The summed E-state index contributed by atoms with van der Waals surface area (Å²) in [5.41, 5.74) is 0. The van der Waals surface area contributed by atoms with E-state index in [9.17, 15) is 14.4 Å². The molecule has 0 amide bonds. The van der Waals surface area contributed by atoms with Crippen molar-refractivity contribution < 1.29 is 28.6 Å². The lowest BCUT2D eigenvalue weighted by Crippen LogP contribution is -2.30. The van der Waals surface area contributed by atoms with E-state index in [1.807, 2.05) is 0 Å². The van der Waals surface area contributed by atoms with Gasteiger partial charge in [0.05, 0.1) is 0 Å². The second-order valence-electron chi connectivity index (χ2n) is 18.2. The average Bonchev–Trinajstić information content (AvgIpc) is 3.28. The van der Waals surface area contributed by atoms with Crippen LogP contribution in [0.5, 0.6) is 0 Å². The van der Waals surface area contributed by atoms with E-state index in [2.05, 4.69) is 69.4 Å². The second-order valence-corrected chi connectivity index (χ2v) is 18.2. The third-order valence-electron chi connectivity index (χ3n) is 11.9. The van der Waals surface area contributed by atoms with Gasteiger partial charge in [-0.1, -0.05) is 243 Å². The molecule has 0 fully saturated rings. The number of rotatable bonds is 49. The van der Waals surface area contributed by atoms with Gasteiger partial charge >= 0.3 is 17.9 Å². The van der Waals surface area contributed by atoms with Gasteiger partial charge in [-0.25, -0.2) is 0 Å². The van der Waals surface area contributed by atoms with Crippen LogP contribution in [-0.4, -0.2) is 37.2 Å². The monoisotopic (exact) mass is 883 g/mol.